The SMILES string of the molecule is NC(=O)c1cc(F)cc2[nH]c3c(C4CCN(CCO)CC4)cnn3c12. The summed E-state index contributed by atoms with van der Waals surface area (Å²) >= 11 is 0. The van der Waals surface area contributed by atoms with Gasteiger partial charge in [-0.15, -0.1) is 0 Å². The van der Waals surface area contributed by atoms with Crippen LogP contribution in [0.3, 0.4) is 0 Å². The molecule has 1 aliphatic rings. The number of likely N-dealkylation sites (tertiary alicyclic amines) is 1. The summed E-state index contributed by atoms with van der Waals surface area (Å²) in [4.78, 5) is 17.1. The maximum atomic E-state index is 13.8. The molecule has 132 valence electrons. The minimum atomic E-state index is -0.681. The Morgan fingerprint density at radius 1 is 1.40 bits per heavy atom. The minimum Gasteiger partial charge on any atom is -0.395 e. The standard InChI is InChI=1S/C17H20FN5O2/c18-11-7-12(16(19)25)15-14(8-11)21-17-13(9-20-23(15)17)10-1-3-22(4-2-10)5-6-24/h7-10,21,24H,1-6H2,(H2,19,25). The van der Waals surface area contributed by atoms with Gasteiger partial charge in [0, 0.05) is 12.1 Å². The zero-order valence-electron chi connectivity index (χ0n) is 13.7. The van der Waals surface area contributed by atoms with Gasteiger partial charge in [-0.25, -0.2) is 8.91 Å². The summed E-state index contributed by atoms with van der Waals surface area (Å²) in [5, 5.41) is 13.5. The Labute approximate surface area is 143 Å². The number of aromatic nitrogens is 3. The molecule has 7 nitrogen and oxygen atoms in total. The van der Waals surface area contributed by atoms with Gasteiger partial charge in [-0.1, -0.05) is 0 Å². The number of carbonyl (C=O) groups excluding carboxylic acids is 1. The molecule has 1 aliphatic heterocycles. The van der Waals surface area contributed by atoms with Crippen molar-refractivity contribution in [1.82, 2.24) is 19.5 Å². The molecule has 1 amide bonds. The summed E-state index contributed by atoms with van der Waals surface area (Å²) in [6.07, 6.45) is 3.74. The number of β-amino-alcohol motifs (C(OH)–C–C–N with tert-alkyl or cyclic N) is 1. The number of nitrogens with two attached hydrogens (primary N) is 1. The predicted octanol–water partition coefficient (Wildman–Crippen LogP) is 1.23. The van der Waals surface area contributed by atoms with Gasteiger partial charge in [0.15, 0.2) is 0 Å². The number of nitrogens with zero attached hydrogens (tertiary/aromatic N) is 3. The van der Waals surface area contributed by atoms with Crippen LogP contribution in [0.1, 0.15) is 34.7 Å². The number of benzene rings is 1. The highest BCUT2D eigenvalue weighted by Crippen LogP contribution is 2.32. The molecule has 4 rings (SSSR count). The van der Waals surface area contributed by atoms with Crippen LogP contribution in [0.4, 0.5) is 4.39 Å². The number of aliphatic hydroxyl groups excluding tert-OH is 1. The maximum Gasteiger partial charge on any atom is 0.251 e. The lowest BCUT2D eigenvalue weighted by atomic mass is 9.91. The third-order valence-corrected chi connectivity index (χ3v) is 5.05. The minimum absolute atomic E-state index is 0.119. The lowest BCUT2D eigenvalue weighted by Crippen LogP contribution is -2.34. The molecule has 25 heavy (non-hydrogen) atoms. The van der Waals surface area contributed by atoms with Crippen molar-refractivity contribution < 1.29 is 14.3 Å². The first-order valence-corrected chi connectivity index (χ1v) is 8.40. The summed E-state index contributed by atoms with van der Waals surface area (Å²) in [5.41, 5.74) is 8.39. The van der Waals surface area contributed by atoms with Crippen molar-refractivity contribution in [3.8, 4) is 0 Å². The molecule has 0 aliphatic carbocycles. The monoisotopic (exact) mass is 345 g/mol. The number of H-pyrrole nitrogens is 1. The number of hydrogen-bond donors (Lipinski definition) is 3. The predicted molar refractivity (Wildman–Crippen MR) is 91.0 cm³/mol. The first-order chi connectivity index (χ1) is 12.1. The number of rotatable bonds is 4. The zero-order valence-corrected chi connectivity index (χ0v) is 13.7. The second-order valence-electron chi connectivity index (χ2n) is 6.54. The van der Waals surface area contributed by atoms with E-state index in [1.807, 2.05) is 6.20 Å². The van der Waals surface area contributed by atoms with Crippen LogP contribution >= 0.6 is 0 Å². The van der Waals surface area contributed by atoms with Crippen LogP contribution in [0.15, 0.2) is 18.3 Å². The number of primary amides is 1. The quantitative estimate of drug-likeness (QED) is 0.662. The lowest BCUT2D eigenvalue weighted by Gasteiger charge is -2.30. The number of carbonyl (C=O) groups is 1. The van der Waals surface area contributed by atoms with Crippen LogP contribution in [0.25, 0.3) is 16.7 Å². The maximum absolute atomic E-state index is 13.8. The summed E-state index contributed by atoms with van der Waals surface area (Å²) in [7, 11) is 0. The van der Waals surface area contributed by atoms with Gasteiger partial charge < -0.3 is 20.7 Å². The van der Waals surface area contributed by atoms with Gasteiger partial charge >= 0.3 is 0 Å². The lowest BCUT2D eigenvalue weighted by molar-refractivity contribution is 0.100. The highest BCUT2D eigenvalue weighted by atomic mass is 19.1. The molecule has 1 fully saturated rings. The molecule has 8 heteroatoms. The molecule has 0 saturated carbocycles. The highest BCUT2D eigenvalue weighted by molar-refractivity contribution is 6.05. The number of fused-ring (bicyclic) bond motifs is 3. The van der Waals surface area contributed by atoms with E-state index in [4.69, 9.17) is 10.8 Å². The number of imidazole rings is 1. The zero-order chi connectivity index (χ0) is 17.6. The van der Waals surface area contributed by atoms with E-state index in [2.05, 4.69) is 15.0 Å². The fraction of sp³-hybridized carbons (Fsp3) is 0.412. The first kappa shape index (κ1) is 16.0. The smallest absolute Gasteiger partial charge is 0.251 e. The second kappa shape index (κ2) is 6.12. The Bertz CT molecular complexity index is 939. The van der Waals surface area contributed by atoms with Gasteiger partial charge in [0.25, 0.3) is 5.91 Å². The van der Waals surface area contributed by atoms with Crippen molar-refractivity contribution in [2.24, 2.45) is 5.73 Å². The third kappa shape index (κ3) is 2.67. The number of amides is 1. The number of halogens is 1. The van der Waals surface area contributed by atoms with Gasteiger partial charge in [0.1, 0.15) is 17.0 Å². The molecule has 0 atom stereocenters. The van der Waals surface area contributed by atoms with E-state index in [0.717, 1.165) is 43.2 Å². The Kier molecular flexibility index (Phi) is 3.93. The van der Waals surface area contributed by atoms with E-state index < -0.39 is 11.7 Å². The number of aliphatic hydroxyl groups is 1. The number of nitrogens with one attached hydrogen (secondary N) is 1. The molecule has 3 heterocycles. The number of piperidine rings is 1. The van der Waals surface area contributed by atoms with Crippen molar-refractivity contribution in [1.29, 1.82) is 0 Å². The van der Waals surface area contributed by atoms with Gasteiger partial charge in [-0.2, -0.15) is 5.10 Å². The summed E-state index contributed by atoms with van der Waals surface area (Å²) in [5.74, 6) is -0.855. The van der Waals surface area contributed by atoms with Crippen LogP contribution in [-0.2, 0) is 0 Å². The molecule has 0 bridgehead atoms. The highest BCUT2D eigenvalue weighted by Gasteiger charge is 2.25. The van der Waals surface area contributed by atoms with Gasteiger partial charge in [-0.05, 0) is 44.0 Å². The molecule has 2 aromatic heterocycles. The van der Waals surface area contributed by atoms with Crippen molar-refractivity contribution in [2.75, 3.05) is 26.2 Å². The van der Waals surface area contributed by atoms with E-state index in [1.165, 1.54) is 6.07 Å². The Morgan fingerprint density at radius 2 is 2.16 bits per heavy atom. The molecule has 0 radical (unpaired) electrons. The van der Waals surface area contributed by atoms with Crippen molar-refractivity contribution in [3.63, 3.8) is 0 Å². The third-order valence-electron chi connectivity index (χ3n) is 5.05. The average molecular weight is 345 g/mol. The summed E-state index contributed by atoms with van der Waals surface area (Å²) in [6, 6.07) is 2.50. The van der Waals surface area contributed by atoms with Crippen LogP contribution in [0.5, 0.6) is 0 Å². The average Bonchev–Trinajstić information content (AvgIpc) is 3.13. The molecule has 0 unspecified atom stereocenters. The fourth-order valence-corrected chi connectivity index (χ4v) is 3.80. The summed E-state index contributed by atoms with van der Waals surface area (Å²) in [6.45, 7) is 2.71. The molecule has 0 spiro atoms. The van der Waals surface area contributed by atoms with Gasteiger partial charge in [-0.3, -0.25) is 4.79 Å². The van der Waals surface area contributed by atoms with E-state index in [-0.39, 0.29) is 12.2 Å². The van der Waals surface area contributed by atoms with Crippen LogP contribution in [0, 0.1) is 5.82 Å². The summed E-state index contributed by atoms with van der Waals surface area (Å²) < 4.78 is 15.4. The van der Waals surface area contributed by atoms with Crippen molar-refractivity contribution >= 4 is 22.6 Å². The van der Waals surface area contributed by atoms with Crippen LogP contribution in [0.2, 0.25) is 0 Å². The normalized spacial score (nSPS) is 16.9. The first-order valence-electron chi connectivity index (χ1n) is 8.40. The Balaban J connectivity index is 1.75. The van der Waals surface area contributed by atoms with E-state index in [9.17, 15) is 9.18 Å². The molecule has 1 saturated heterocycles. The van der Waals surface area contributed by atoms with E-state index in [0.29, 0.717) is 23.5 Å². The topological polar surface area (TPSA) is 99.7 Å². The molecule has 3 aromatic rings. The number of hydrogen-bond acceptors (Lipinski definition) is 4. The largest absolute Gasteiger partial charge is 0.395 e. The van der Waals surface area contributed by atoms with Crippen molar-refractivity contribution in [2.45, 2.75) is 18.8 Å². The van der Waals surface area contributed by atoms with E-state index in [1.54, 1.807) is 4.52 Å². The molecule has 1 aromatic carbocycles. The van der Waals surface area contributed by atoms with E-state index >= 15 is 0 Å². The Morgan fingerprint density at radius 3 is 2.84 bits per heavy atom. The van der Waals surface area contributed by atoms with Gasteiger partial charge in [0.05, 0.1) is 23.9 Å². The van der Waals surface area contributed by atoms with Crippen molar-refractivity contribution in [3.05, 3.63) is 35.3 Å². The fourth-order valence-electron chi connectivity index (χ4n) is 3.80. The van der Waals surface area contributed by atoms with Gasteiger partial charge in [0.2, 0.25) is 0 Å². The van der Waals surface area contributed by atoms with Crippen LogP contribution in [-0.4, -0.2) is 56.8 Å². The van der Waals surface area contributed by atoms with Crippen LogP contribution < -0.4 is 5.73 Å². The second-order valence-corrected chi connectivity index (χ2v) is 6.54. The Hall–Kier alpha value is -2.45. The molecule has 4 N–H and O–H groups in total. The molecular weight excluding hydrogens is 325 g/mol. The number of aromatic amines is 1. The molecular formula is C17H20FN5O2.